The van der Waals surface area contributed by atoms with Gasteiger partial charge in [0.25, 0.3) is 0 Å². The monoisotopic (exact) mass is 391 g/mol. The van der Waals surface area contributed by atoms with E-state index < -0.39 is 0 Å². The third-order valence-corrected chi connectivity index (χ3v) is 5.33. The van der Waals surface area contributed by atoms with E-state index in [9.17, 15) is 8.78 Å². The fraction of sp³-hybridized carbons (Fsp3) is 0.350. The van der Waals surface area contributed by atoms with E-state index in [1.807, 2.05) is 12.1 Å². The highest BCUT2D eigenvalue weighted by atomic mass is 35.5. The quantitative estimate of drug-likeness (QED) is 0.790. The number of oxime groups is 1. The van der Waals surface area contributed by atoms with E-state index in [2.05, 4.69) is 15.0 Å². The fourth-order valence-corrected chi connectivity index (χ4v) is 3.85. The van der Waals surface area contributed by atoms with Crippen LogP contribution in [0.4, 0.5) is 14.5 Å². The van der Waals surface area contributed by atoms with Gasteiger partial charge in [-0.25, -0.2) is 8.78 Å². The van der Waals surface area contributed by atoms with Gasteiger partial charge in [-0.15, -0.1) is 0 Å². The molecule has 0 amide bonds. The lowest BCUT2D eigenvalue weighted by molar-refractivity contribution is 0.0510. The van der Waals surface area contributed by atoms with Crippen LogP contribution < -0.4 is 4.90 Å². The zero-order valence-corrected chi connectivity index (χ0v) is 15.5. The highest BCUT2D eigenvalue weighted by Crippen LogP contribution is 2.26. The molecule has 2 aromatic carbocycles. The number of halogens is 3. The van der Waals surface area contributed by atoms with Gasteiger partial charge in [-0.3, -0.25) is 4.90 Å². The molecule has 1 atom stereocenters. The van der Waals surface area contributed by atoms with E-state index >= 15 is 0 Å². The third kappa shape index (κ3) is 4.06. The molecule has 2 aliphatic heterocycles. The highest BCUT2D eigenvalue weighted by Gasteiger charge is 2.28. The lowest BCUT2D eigenvalue weighted by atomic mass is 10.0. The van der Waals surface area contributed by atoms with Crippen LogP contribution in [0.3, 0.4) is 0 Å². The highest BCUT2D eigenvalue weighted by molar-refractivity contribution is 6.34. The van der Waals surface area contributed by atoms with Gasteiger partial charge in [-0.2, -0.15) is 0 Å². The van der Waals surface area contributed by atoms with E-state index in [1.165, 1.54) is 18.2 Å². The van der Waals surface area contributed by atoms with Gasteiger partial charge in [0.05, 0.1) is 16.3 Å². The van der Waals surface area contributed by atoms with Crippen LogP contribution in [0.25, 0.3) is 0 Å². The second kappa shape index (κ2) is 7.82. The van der Waals surface area contributed by atoms with Crippen molar-refractivity contribution in [1.29, 1.82) is 0 Å². The number of hydrogen-bond donors (Lipinski definition) is 0. The van der Waals surface area contributed by atoms with Gasteiger partial charge in [-0.1, -0.05) is 22.8 Å². The molecule has 0 aromatic heterocycles. The standard InChI is InChI=1S/C20H20ClF2N3O/c21-17-2-1-3-18(23)20(17)19-12-16(27-24-19)13-25-8-10-26(11-9-25)15-6-4-14(22)5-7-15/h1-7,16H,8-13H2. The lowest BCUT2D eigenvalue weighted by Gasteiger charge is -2.36. The molecular weight excluding hydrogens is 372 g/mol. The molecule has 0 spiro atoms. The number of piperazine rings is 1. The van der Waals surface area contributed by atoms with E-state index in [4.69, 9.17) is 16.4 Å². The van der Waals surface area contributed by atoms with Crippen LogP contribution in [0, 0.1) is 11.6 Å². The van der Waals surface area contributed by atoms with E-state index in [0.717, 1.165) is 38.4 Å². The lowest BCUT2D eigenvalue weighted by Crippen LogP contribution is -2.48. The van der Waals surface area contributed by atoms with Crippen LogP contribution >= 0.6 is 11.6 Å². The summed E-state index contributed by atoms with van der Waals surface area (Å²) >= 11 is 6.12. The molecule has 1 fully saturated rings. The first kappa shape index (κ1) is 18.2. The second-order valence-electron chi connectivity index (χ2n) is 6.83. The number of hydrogen-bond acceptors (Lipinski definition) is 4. The smallest absolute Gasteiger partial charge is 0.145 e. The first-order valence-electron chi connectivity index (χ1n) is 9.00. The van der Waals surface area contributed by atoms with Crippen molar-refractivity contribution in [1.82, 2.24) is 4.90 Å². The van der Waals surface area contributed by atoms with Crippen LogP contribution in [0.1, 0.15) is 12.0 Å². The summed E-state index contributed by atoms with van der Waals surface area (Å²) in [4.78, 5) is 10.1. The number of anilines is 1. The molecule has 4 nitrogen and oxygen atoms in total. The largest absolute Gasteiger partial charge is 0.390 e. The average molecular weight is 392 g/mol. The minimum absolute atomic E-state index is 0.104. The minimum Gasteiger partial charge on any atom is -0.390 e. The maximum Gasteiger partial charge on any atom is 0.145 e. The van der Waals surface area contributed by atoms with Crippen molar-refractivity contribution in [3.8, 4) is 0 Å². The van der Waals surface area contributed by atoms with E-state index in [0.29, 0.717) is 22.7 Å². The topological polar surface area (TPSA) is 28.1 Å². The SMILES string of the molecule is Fc1ccc(N2CCN(CC3CC(c4c(F)cccc4Cl)=NO3)CC2)cc1. The Balaban J connectivity index is 1.30. The average Bonchev–Trinajstić information content (AvgIpc) is 3.11. The van der Waals surface area contributed by atoms with Gasteiger partial charge in [0, 0.05) is 44.8 Å². The third-order valence-electron chi connectivity index (χ3n) is 5.01. The normalized spacial score (nSPS) is 20.5. The summed E-state index contributed by atoms with van der Waals surface area (Å²) in [5.74, 6) is -0.597. The molecule has 1 saturated heterocycles. The molecule has 2 heterocycles. The van der Waals surface area contributed by atoms with Crippen LogP contribution in [0.2, 0.25) is 5.02 Å². The van der Waals surface area contributed by atoms with Crippen LogP contribution in [-0.2, 0) is 4.84 Å². The predicted octanol–water partition coefficient (Wildman–Crippen LogP) is 3.93. The first-order chi connectivity index (χ1) is 13.1. The summed E-state index contributed by atoms with van der Waals surface area (Å²) in [5.41, 5.74) is 1.93. The molecule has 7 heteroatoms. The Morgan fingerprint density at radius 2 is 1.78 bits per heavy atom. The van der Waals surface area contributed by atoms with Crippen LogP contribution in [-0.4, -0.2) is 49.4 Å². The van der Waals surface area contributed by atoms with E-state index in [1.54, 1.807) is 12.1 Å². The Morgan fingerprint density at radius 1 is 1.04 bits per heavy atom. The van der Waals surface area contributed by atoms with Crippen molar-refractivity contribution in [3.05, 3.63) is 64.7 Å². The van der Waals surface area contributed by atoms with Crippen LogP contribution in [0.15, 0.2) is 47.6 Å². The number of benzene rings is 2. The fourth-order valence-electron chi connectivity index (χ4n) is 3.58. The Labute approximate surface area is 162 Å². The predicted molar refractivity (Wildman–Crippen MR) is 102 cm³/mol. The Bertz CT molecular complexity index is 815. The molecule has 2 aromatic rings. The van der Waals surface area contributed by atoms with E-state index in [-0.39, 0.29) is 17.7 Å². The van der Waals surface area contributed by atoms with Crippen molar-refractivity contribution < 1.29 is 13.6 Å². The molecule has 0 aliphatic carbocycles. The van der Waals surface area contributed by atoms with Crippen molar-refractivity contribution in [2.45, 2.75) is 12.5 Å². The van der Waals surface area contributed by atoms with Gasteiger partial charge in [-0.05, 0) is 36.4 Å². The van der Waals surface area contributed by atoms with Crippen molar-refractivity contribution in [2.75, 3.05) is 37.6 Å². The van der Waals surface area contributed by atoms with Gasteiger partial charge in [0.1, 0.15) is 17.7 Å². The van der Waals surface area contributed by atoms with Gasteiger partial charge in [0.2, 0.25) is 0 Å². The number of nitrogens with zero attached hydrogens (tertiary/aromatic N) is 3. The molecule has 0 saturated carbocycles. The molecule has 27 heavy (non-hydrogen) atoms. The molecule has 2 aliphatic rings. The Kier molecular flexibility index (Phi) is 5.27. The van der Waals surface area contributed by atoms with Gasteiger partial charge < -0.3 is 9.74 Å². The molecule has 142 valence electrons. The van der Waals surface area contributed by atoms with Gasteiger partial charge >= 0.3 is 0 Å². The maximum absolute atomic E-state index is 14.1. The molecule has 0 bridgehead atoms. The Morgan fingerprint density at radius 3 is 2.48 bits per heavy atom. The number of rotatable bonds is 4. The Hall–Kier alpha value is -2.18. The minimum atomic E-state index is -0.376. The zero-order chi connectivity index (χ0) is 18.8. The summed E-state index contributed by atoms with van der Waals surface area (Å²) < 4.78 is 27.1. The summed E-state index contributed by atoms with van der Waals surface area (Å²) in [7, 11) is 0. The summed E-state index contributed by atoms with van der Waals surface area (Å²) in [5, 5.41) is 4.42. The molecule has 0 N–H and O–H groups in total. The summed E-state index contributed by atoms with van der Waals surface area (Å²) in [6.45, 7) is 4.23. The molecule has 4 rings (SSSR count). The maximum atomic E-state index is 14.1. The van der Waals surface area contributed by atoms with Crippen molar-refractivity contribution in [3.63, 3.8) is 0 Å². The van der Waals surface area contributed by atoms with Crippen LogP contribution in [0.5, 0.6) is 0 Å². The summed E-state index contributed by atoms with van der Waals surface area (Å²) in [6.07, 6.45) is 0.437. The van der Waals surface area contributed by atoms with Crippen molar-refractivity contribution in [2.24, 2.45) is 5.16 Å². The molecule has 0 radical (unpaired) electrons. The first-order valence-corrected chi connectivity index (χ1v) is 9.38. The molecule has 1 unspecified atom stereocenters. The summed E-state index contributed by atoms with van der Waals surface area (Å²) in [6, 6.07) is 11.2. The second-order valence-corrected chi connectivity index (χ2v) is 7.24. The van der Waals surface area contributed by atoms with Crippen molar-refractivity contribution >= 4 is 23.0 Å². The zero-order valence-electron chi connectivity index (χ0n) is 14.7. The van der Waals surface area contributed by atoms with Gasteiger partial charge in [0.15, 0.2) is 0 Å². The molecular formula is C20H20ClF2N3O.